The largest absolute Gasteiger partial charge is 0.493 e. The van der Waals surface area contributed by atoms with Crippen LogP contribution >= 0.6 is 11.3 Å². The molecule has 1 amide bonds. The number of nitrogens with one attached hydrogen (secondary N) is 1. The molecule has 2 heterocycles. The van der Waals surface area contributed by atoms with Crippen LogP contribution in [-0.4, -0.2) is 35.1 Å². The summed E-state index contributed by atoms with van der Waals surface area (Å²) in [5.41, 5.74) is 2.63. The van der Waals surface area contributed by atoms with Gasteiger partial charge in [-0.1, -0.05) is 11.3 Å². The van der Waals surface area contributed by atoms with Crippen LogP contribution in [0.1, 0.15) is 10.4 Å². The first-order valence-electron chi connectivity index (χ1n) is 7.72. The van der Waals surface area contributed by atoms with Gasteiger partial charge in [0.1, 0.15) is 0 Å². The molecule has 2 aromatic carbocycles. The zero-order valence-electron chi connectivity index (χ0n) is 14.0. The first-order chi connectivity index (χ1) is 12.7. The summed E-state index contributed by atoms with van der Waals surface area (Å²) >= 11 is 1.37. The van der Waals surface area contributed by atoms with E-state index in [1.807, 2.05) is 6.07 Å². The molecule has 0 saturated heterocycles. The number of hydrogen-bond donors (Lipinski definition) is 1. The van der Waals surface area contributed by atoms with Gasteiger partial charge in [0.25, 0.3) is 5.91 Å². The SMILES string of the molecule is COc1cc2nc(NC(=O)c3ccc4nccnc4c3)sc2cc1OC. The van der Waals surface area contributed by atoms with E-state index in [4.69, 9.17) is 9.47 Å². The Bertz CT molecular complexity index is 1090. The van der Waals surface area contributed by atoms with E-state index in [1.54, 1.807) is 50.9 Å². The quantitative estimate of drug-likeness (QED) is 0.595. The van der Waals surface area contributed by atoms with Crippen LogP contribution in [0.25, 0.3) is 21.3 Å². The van der Waals surface area contributed by atoms with Gasteiger partial charge in [-0.15, -0.1) is 0 Å². The molecule has 0 saturated carbocycles. The van der Waals surface area contributed by atoms with Crippen LogP contribution in [0.15, 0.2) is 42.7 Å². The van der Waals surface area contributed by atoms with Gasteiger partial charge in [0, 0.05) is 30.1 Å². The number of aromatic nitrogens is 3. The van der Waals surface area contributed by atoms with Crippen molar-refractivity contribution >= 4 is 43.6 Å². The van der Waals surface area contributed by atoms with Gasteiger partial charge in [-0.3, -0.25) is 20.1 Å². The number of thiazole rings is 1. The molecule has 2 aromatic heterocycles. The maximum absolute atomic E-state index is 12.5. The smallest absolute Gasteiger partial charge is 0.257 e. The van der Waals surface area contributed by atoms with Crippen molar-refractivity contribution in [3.05, 3.63) is 48.3 Å². The third-order valence-corrected chi connectivity index (χ3v) is 4.78. The fraction of sp³-hybridized carbons (Fsp3) is 0.111. The van der Waals surface area contributed by atoms with E-state index in [9.17, 15) is 4.79 Å². The average Bonchev–Trinajstić information content (AvgIpc) is 3.07. The second-order valence-corrected chi connectivity index (χ2v) is 6.44. The van der Waals surface area contributed by atoms with Gasteiger partial charge in [0.05, 0.1) is 35.5 Å². The lowest BCUT2D eigenvalue weighted by molar-refractivity contribution is 0.102. The number of methoxy groups -OCH3 is 2. The number of amides is 1. The number of anilines is 1. The summed E-state index contributed by atoms with van der Waals surface area (Å²) in [6.45, 7) is 0. The first kappa shape index (κ1) is 16.2. The van der Waals surface area contributed by atoms with E-state index in [-0.39, 0.29) is 5.91 Å². The van der Waals surface area contributed by atoms with Crippen molar-refractivity contribution in [2.75, 3.05) is 19.5 Å². The summed E-state index contributed by atoms with van der Waals surface area (Å²) in [5, 5.41) is 3.33. The highest BCUT2D eigenvalue weighted by atomic mass is 32.1. The molecular formula is C18H14N4O3S. The molecule has 130 valence electrons. The Balaban J connectivity index is 1.64. The van der Waals surface area contributed by atoms with E-state index < -0.39 is 0 Å². The van der Waals surface area contributed by atoms with Crippen LogP contribution in [0.5, 0.6) is 11.5 Å². The van der Waals surface area contributed by atoms with Gasteiger partial charge in [-0.2, -0.15) is 0 Å². The molecule has 26 heavy (non-hydrogen) atoms. The van der Waals surface area contributed by atoms with Crippen molar-refractivity contribution in [3.8, 4) is 11.5 Å². The summed E-state index contributed by atoms with van der Waals surface area (Å²) in [7, 11) is 3.15. The molecule has 4 aromatic rings. The van der Waals surface area contributed by atoms with Crippen molar-refractivity contribution in [2.24, 2.45) is 0 Å². The standard InChI is InChI=1S/C18H14N4O3S/c1-24-14-8-13-16(9-15(14)25-2)26-18(21-13)22-17(23)10-3-4-11-12(7-10)20-6-5-19-11/h3-9H,1-2H3,(H,21,22,23). The van der Waals surface area contributed by atoms with E-state index in [2.05, 4.69) is 20.3 Å². The van der Waals surface area contributed by atoms with Gasteiger partial charge in [0.15, 0.2) is 16.6 Å². The monoisotopic (exact) mass is 366 g/mol. The minimum atomic E-state index is -0.254. The van der Waals surface area contributed by atoms with Gasteiger partial charge in [-0.05, 0) is 18.2 Å². The van der Waals surface area contributed by atoms with Crippen LogP contribution in [-0.2, 0) is 0 Å². The molecule has 0 radical (unpaired) electrons. The minimum Gasteiger partial charge on any atom is -0.493 e. The molecule has 0 aliphatic carbocycles. The predicted molar refractivity (Wildman–Crippen MR) is 100 cm³/mol. The van der Waals surface area contributed by atoms with Crippen molar-refractivity contribution in [2.45, 2.75) is 0 Å². The van der Waals surface area contributed by atoms with Gasteiger partial charge in [0.2, 0.25) is 0 Å². The zero-order chi connectivity index (χ0) is 18.1. The van der Waals surface area contributed by atoms with Crippen molar-refractivity contribution < 1.29 is 14.3 Å². The van der Waals surface area contributed by atoms with Crippen LogP contribution in [0.2, 0.25) is 0 Å². The summed E-state index contributed by atoms with van der Waals surface area (Å²) in [5.74, 6) is 0.960. The Morgan fingerprint density at radius 2 is 1.69 bits per heavy atom. The fourth-order valence-corrected chi connectivity index (χ4v) is 3.45. The number of benzene rings is 2. The van der Waals surface area contributed by atoms with Crippen molar-refractivity contribution in [3.63, 3.8) is 0 Å². The molecule has 0 aliphatic heterocycles. The van der Waals surface area contributed by atoms with Crippen LogP contribution in [0, 0.1) is 0 Å². The molecule has 8 heteroatoms. The van der Waals surface area contributed by atoms with Crippen molar-refractivity contribution in [1.29, 1.82) is 0 Å². The van der Waals surface area contributed by atoms with E-state index in [0.717, 1.165) is 15.7 Å². The topological polar surface area (TPSA) is 86.2 Å². The van der Waals surface area contributed by atoms with Gasteiger partial charge < -0.3 is 9.47 Å². The lowest BCUT2D eigenvalue weighted by Gasteiger charge is -2.05. The molecule has 1 N–H and O–H groups in total. The lowest BCUT2D eigenvalue weighted by atomic mass is 10.2. The number of carbonyl (C=O) groups excluding carboxylic acids is 1. The Morgan fingerprint density at radius 3 is 2.46 bits per heavy atom. The number of fused-ring (bicyclic) bond motifs is 2. The lowest BCUT2D eigenvalue weighted by Crippen LogP contribution is -2.11. The number of ether oxygens (including phenoxy) is 2. The Morgan fingerprint density at radius 1 is 0.962 bits per heavy atom. The molecule has 0 unspecified atom stereocenters. The van der Waals surface area contributed by atoms with Crippen LogP contribution in [0.3, 0.4) is 0 Å². The molecule has 0 bridgehead atoms. The third kappa shape index (κ3) is 2.91. The Hall–Kier alpha value is -3.26. The molecular weight excluding hydrogens is 352 g/mol. The molecule has 0 aliphatic rings. The fourth-order valence-electron chi connectivity index (χ4n) is 2.58. The average molecular weight is 366 g/mol. The van der Waals surface area contributed by atoms with E-state index in [0.29, 0.717) is 27.7 Å². The second-order valence-electron chi connectivity index (χ2n) is 5.41. The highest BCUT2D eigenvalue weighted by Crippen LogP contribution is 2.36. The Kier molecular flexibility index (Phi) is 4.10. The number of hydrogen-bond acceptors (Lipinski definition) is 7. The highest BCUT2D eigenvalue weighted by Gasteiger charge is 2.14. The first-order valence-corrected chi connectivity index (χ1v) is 8.54. The summed E-state index contributed by atoms with van der Waals surface area (Å²) in [6.07, 6.45) is 3.21. The van der Waals surface area contributed by atoms with Gasteiger partial charge >= 0.3 is 0 Å². The normalized spacial score (nSPS) is 10.8. The van der Waals surface area contributed by atoms with E-state index in [1.165, 1.54) is 11.3 Å². The minimum absolute atomic E-state index is 0.254. The number of nitrogens with zero attached hydrogens (tertiary/aromatic N) is 3. The van der Waals surface area contributed by atoms with Crippen LogP contribution in [0.4, 0.5) is 5.13 Å². The molecule has 7 nitrogen and oxygen atoms in total. The third-order valence-electron chi connectivity index (χ3n) is 3.85. The summed E-state index contributed by atoms with van der Waals surface area (Å²) in [6, 6.07) is 8.81. The van der Waals surface area contributed by atoms with Gasteiger partial charge in [-0.25, -0.2) is 4.98 Å². The number of carbonyl (C=O) groups is 1. The maximum Gasteiger partial charge on any atom is 0.257 e. The zero-order valence-corrected chi connectivity index (χ0v) is 14.8. The molecule has 4 rings (SSSR count). The van der Waals surface area contributed by atoms with Crippen LogP contribution < -0.4 is 14.8 Å². The summed E-state index contributed by atoms with van der Waals surface area (Å²) in [4.78, 5) is 25.4. The Labute approximate surface area is 152 Å². The maximum atomic E-state index is 12.5. The predicted octanol–water partition coefficient (Wildman–Crippen LogP) is 3.51. The molecule has 0 spiro atoms. The summed E-state index contributed by atoms with van der Waals surface area (Å²) < 4.78 is 11.5. The molecule has 0 atom stereocenters. The number of rotatable bonds is 4. The molecule has 0 fully saturated rings. The van der Waals surface area contributed by atoms with E-state index >= 15 is 0 Å². The highest BCUT2D eigenvalue weighted by molar-refractivity contribution is 7.22. The van der Waals surface area contributed by atoms with Crippen molar-refractivity contribution in [1.82, 2.24) is 15.0 Å². The second kappa shape index (κ2) is 6.57.